The van der Waals surface area contributed by atoms with Crippen LogP contribution in [0.15, 0.2) is 0 Å². The molecule has 0 spiro atoms. The molecular weight excluding hydrogens is 306 g/mol. The first kappa shape index (κ1) is 16.1. The average Bonchev–Trinajstić information content (AvgIpc) is 3.40. The number of amides is 1. The largest absolute Gasteiger partial charge is 0.390 e. The molecule has 24 heavy (non-hydrogen) atoms. The van der Waals surface area contributed by atoms with Gasteiger partial charge in [0.2, 0.25) is 5.91 Å². The minimum Gasteiger partial charge on any atom is -0.390 e. The van der Waals surface area contributed by atoms with E-state index in [0.29, 0.717) is 18.8 Å². The number of hydrogen-bond donors (Lipinski definition) is 2. The number of fused-ring (bicyclic) bond motifs is 1. The summed E-state index contributed by atoms with van der Waals surface area (Å²) in [6.07, 6.45) is 5.68. The van der Waals surface area contributed by atoms with E-state index in [0.717, 1.165) is 32.4 Å². The summed E-state index contributed by atoms with van der Waals surface area (Å²) in [6.45, 7) is 1.54. The zero-order valence-corrected chi connectivity index (χ0v) is 14.3. The lowest BCUT2D eigenvalue weighted by atomic mass is 9.84. The zero-order valence-electron chi connectivity index (χ0n) is 14.3. The number of aliphatic hydroxyl groups is 1. The maximum absolute atomic E-state index is 12.9. The second-order valence-corrected chi connectivity index (χ2v) is 7.52. The van der Waals surface area contributed by atoms with Crippen molar-refractivity contribution in [2.45, 2.75) is 63.1 Å². The van der Waals surface area contributed by atoms with Gasteiger partial charge in [0.1, 0.15) is 0 Å². The van der Waals surface area contributed by atoms with Crippen LogP contribution in [-0.2, 0) is 22.4 Å². The third kappa shape index (κ3) is 2.97. The van der Waals surface area contributed by atoms with Crippen LogP contribution in [0.1, 0.15) is 55.0 Å². The number of carbonyl (C=O) groups is 1. The van der Waals surface area contributed by atoms with Gasteiger partial charge in [-0.2, -0.15) is 5.10 Å². The molecule has 2 fully saturated rings. The molecule has 6 heteroatoms. The van der Waals surface area contributed by atoms with Gasteiger partial charge in [-0.25, -0.2) is 0 Å². The van der Waals surface area contributed by atoms with Crippen LogP contribution in [0.2, 0.25) is 0 Å². The fourth-order valence-electron chi connectivity index (χ4n) is 4.27. The van der Waals surface area contributed by atoms with Gasteiger partial charge in [-0.3, -0.25) is 9.89 Å². The fraction of sp³-hybridized carbons (Fsp3) is 0.778. The summed E-state index contributed by atoms with van der Waals surface area (Å²) >= 11 is 0. The number of carbonyl (C=O) groups excluding carboxylic acids is 1. The van der Waals surface area contributed by atoms with Gasteiger partial charge in [0, 0.05) is 44.1 Å². The van der Waals surface area contributed by atoms with Gasteiger partial charge < -0.3 is 14.7 Å². The maximum atomic E-state index is 12.9. The molecule has 2 heterocycles. The molecule has 0 unspecified atom stereocenters. The lowest BCUT2D eigenvalue weighted by molar-refractivity contribution is -0.140. The first-order chi connectivity index (χ1) is 11.7. The summed E-state index contributed by atoms with van der Waals surface area (Å²) in [7, 11) is 1.62. The van der Waals surface area contributed by atoms with Gasteiger partial charge >= 0.3 is 0 Å². The van der Waals surface area contributed by atoms with E-state index in [-0.39, 0.29) is 17.9 Å². The van der Waals surface area contributed by atoms with E-state index in [1.165, 1.54) is 29.8 Å². The van der Waals surface area contributed by atoms with Gasteiger partial charge in [0.25, 0.3) is 0 Å². The van der Waals surface area contributed by atoms with Crippen LogP contribution in [0.3, 0.4) is 0 Å². The van der Waals surface area contributed by atoms with Crippen LogP contribution in [0.4, 0.5) is 0 Å². The molecule has 4 rings (SSSR count). The summed E-state index contributed by atoms with van der Waals surface area (Å²) in [5, 5.41) is 17.7. The smallest absolute Gasteiger partial charge is 0.225 e. The van der Waals surface area contributed by atoms with E-state index >= 15 is 0 Å². The van der Waals surface area contributed by atoms with Gasteiger partial charge in [0.15, 0.2) is 0 Å². The highest BCUT2D eigenvalue weighted by molar-refractivity contribution is 5.79. The number of hydrogen-bond acceptors (Lipinski definition) is 4. The van der Waals surface area contributed by atoms with Gasteiger partial charge in [-0.15, -0.1) is 0 Å². The highest BCUT2D eigenvalue weighted by atomic mass is 16.5. The topological polar surface area (TPSA) is 78.5 Å². The Morgan fingerprint density at radius 2 is 2.04 bits per heavy atom. The van der Waals surface area contributed by atoms with Crippen LogP contribution in [-0.4, -0.2) is 58.5 Å². The first-order valence-electron chi connectivity index (χ1n) is 9.23. The molecular formula is C18H27N3O3. The molecule has 3 aliphatic rings. The van der Waals surface area contributed by atoms with Crippen molar-refractivity contribution in [3.05, 3.63) is 17.0 Å². The highest BCUT2D eigenvalue weighted by Crippen LogP contribution is 2.41. The number of aromatic nitrogens is 2. The van der Waals surface area contributed by atoms with Crippen molar-refractivity contribution >= 4 is 5.91 Å². The van der Waals surface area contributed by atoms with Gasteiger partial charge in [-0.05, 0) is 44.1 Å². The SMILES string of the molecule is CO[C@H]1C[C@@H](C(=O)N2CCc3[nH]nc(C4CC4)c3CC2)CC[C@H]1O. The minimum atomic E-state index is -0.435. The van der Waals surface area contributed by atoms with Crippen molar-refractivity contribution in [3.63, 3.8) is 0 Å². The number of rotatable bonds is 3. The third-order valence-electron chi connectivity index (χ3n) is 5.93. The lowest BCUT2D eigenvalue weighted by Gasteiger charge is -2.34. The third-order valence-corrected chi connectivity index (χ3v) is 5.93. The van der Waals surface area contributed by atoms with E-state index in [9.17, 15) is 9.90 Å². The number of H-pyrrole nitrogens is 1. The molecule has 3 atom stereocenters. The van der Waals surface area contributed by atoms with Crippen molar-refractivity contribution < 1.29 is 14.6 Å². The maximum Gasteiger partial charge on any atom is 0.225 e. The molecule has 1 aromatic heterocycles. The molecule has 2 aliphatic carbocycles. The number of ether oxygens (including phenoxy) is 1. The molecule has 0 saturated heterocycles. The monoisotopic (exact) mass is 333 g/mol. The molecule has 0 aromatic carbocycles. The lowest BCUT2D eigenvalue weighted by Crippen LogP contribution is -2.44. The molecule has 2 N–H and O–H groups in total. The summed E-state index contributed by atoms with van der Waals surface area (Å²) < 4.78 is 5.35. The van der Waals surface area contributed by atoms with Crippen molar-refractivity contribution in [2.75, 3.05) is 20.2 Å². The number of aliphatic hydroxyl groups excluding tert-OH is 1. The molecule has 6 nitrogen and oxygen atoms in total. The second kappa shape index (κ2) is 6.48. The van der Waals surface area contributed by atoms with Crippen LogP contribution >= 0.6 is 0 Å². The van der Waals surface area contributed by atoms with Crippen molar-refractivity contribution in [2.24, 2.45) is 5.92 Å². The molecule has 1 aromatic rings. The highest BCUT2D eigenvalue weighted by Gasteiger charge is 2.36. The normalized spacial score (nSPS) is 30.8. The minimum absolute atomic E-state index is 0.0178. The standard InChI is InChI=1S/C18H27N3O3/c1-24-16-10-12(4-5-15(16)22)18(23)21-8-6-13-14(7-9-21)19-20-17(13)11-2-3-11/h11-12,15-16,22H,2-10H2,1H3,(H,19,20)/t12-,15+,16-/m0/s1. The van der Waals surface area contributed by atoms with E-state index in [1.54, 1.807) is 7.11 Å². The van der Waals surface area contributed by atoms with E-state index in [1.807, 2.05) is 4.90 Å². The van der Waals surface area contributed by atoms with Gasteiger partial charge in [0.05, 0.1) is 17.9 Å². The molecule has 1 aliphatic heterocycles. The number of aromatic amines is 1. The fourth-order valence-corrected chi connectivity index (χ4v) is 4.27. The van der Waals surface area contributed by atoms with E-state index in [4.69, 9.17) is 4.74 Å². The second-order valence-electron chi connectivity index (χ2n) is 7.52. The number of methoxy groups -OCH3 is 1. The van der Waals surface area contributed by atoms with E-state index < -0.39 is 6.10 Å². The summed E-state index contributed by atoms with van der Waals surface area (Å²) in [5.41, 5.74) is 3.84. The molecule has 0 bridgehead atoms. The molecule has 1 amide bonds. The van der Waals surface area contributed by atoms with E-state index in [2.05, 4.69) is 10.2 Å². The predicted molar refractivity (Wildman–Crippen MR) is 88.7 cm³/mol. The quantitative estimate of drug-likeness (QED) is 0.876. The number of nitrogens with zero attached hydrogens (tertiary/aromatic N) is 2. The van der Waals surface area contributed by atoms with Crippen LogP contribution in [0.5, 0.6) is 0 Å². The van der Waals surface area contributed by atoms with Crippen molar-refractivity contribution in [3.8, 4) is 0 Å². The average molecular weight is 333 g/mol. The van der Waals surface area contributed by atoms with Crippen LogP contribution in [0, 0.1) is 5.92 Å². The van der Waals surface area contributed by atoms with Crippen LogP contribution < -0.4 is 0 Å². The number of nitrogens with one attached hydrogen (secondary N) is 1. The Morgan fingerprint density at radius 3 is 2.79 bits per heavy atom. The molecule has 2 saturated carbocycles. The summed E-state index contributed by atoms with van der Waals surface area (Å²) in [6, 6.07) is 0. The Bertz CT molecular complexity index is 611. The Hall–Kier alpha value is -1.40. The predicted octanol–water partition coefficient (Wildman–Crippen LogP) is 1.39. The van der Waals surface area contributed by atoms with Gasteiger partial charge in [-0.1, -0.05) is 0 Å². The van der Waals surface area contributed by atoms with Crippen LogP contribution in [0.25, 0.3) is 0 Å². The molecule has 132 valence electrons. The Balaban J connectivity index is 1.41. The molecule has 0 radical (unpaired) electrons. The Labute approximate surface area is 142 Å². The Morgan fingerprint density at radius 1 is 1.25 bits per heavy atom. The Kier molecular flexibility index (Phi) is 4.35. The zero-order chi connectivity index (χ0) is 16.7. The summed E-state index contributed by atoms with van der Waals surface area (Å²) in [5.74, 6) is 0.861. The van der Waals surface area contributed by atoms with Crippen molar-refractivity contribution in [1.82, 2.24) is 15.1 Å². The van der Waals surface area contributed by atoms with Crippen molar-refractivity contribution in [1.29, 1.82) is 0 Å². The summed E-state index contributed by atoms with van der Waals surface area (Å²) in [4.78, 5) is 15.0. The first-order valence-corrected chi connectivity index (χ1v) is 9.23.